The maximum Gasteiger partial charge on any atom is 0.343 e. The summed E-state index contributed by atoms with van der Waals surface area (Å²) >= 11 is 0. The molecule has 41 heavy (non-hydrogen) atoms. The van der Waals surface area contributed by atoms with Crippen LogP contribution < -0.4 is 5.43 Å². The molecule has 3 aromatic heterocycles. The number of hydrogen-bond donors (Lipinski definition) is 0. The molecule has 5 aromatic rings. The van der Waals surface area contributed by atoms with E-state index >= 15 is 4.39 Å². The number of rotatable bonds is 6. The molecule has 6 rings (SSSR count). The molecular weight excluding hydrogens is 533 g/mol. The first-order valence-corrected chi connectivity index (χ1v) is 13.2. The van der Waals surface area contributed by atoms with Crippen molar-refractivity contribution >= 4 is 17.0 Å². The van der Waals surface area contributed by atoms with Gasteiger partial charge in [-0.3, -0.25) is 14.3 Å². The van der Waals surface area contributed by atoms with Gasteiger partial charge in [0.1, 0.15) is 34.4 Å². The Morgan fingerprint density at radius 3 is 2.54 bits per heavy atom. The SMILES string of the molecule is CCOC(=O)c1cn(-c2ccc(F)cc2F)c2nc(-c3cc4n(c3)CCN(Cc3ccccc3)C4)c(F)cc2c1=O. The van der Waals surface area contributed by atoms with Gasteiger partial charge in [-0.25, -0.2) is 22.9 Å². The van der Waals surface area contributed by atoms with Gasteiger partial charge in [0, 0.05) is 55.9 Å². The van der Waals surface area contributed by atoms with Crippen molar-refractivity contribution in [3.63, 3.8) is 0 Å². The Bertz CT molecular complexity index is 1850. The molecule has 0 fully saturated rings. The van der Waals surface area contributed by atoms with Crippen LogP contribution in [0.3, 0.4) is 0 Å². The number of nitrogens with zero attached hydrogens (tertiary/aromatic N) is 4. The highest BCUT2D eigenvalue weighted by molar-refractivity contribution is 5.94. The average molecular weight is 559 g/mol. The van der Waals surface area contributed by atoms with Gasteiger partial charge in [0.2, 0.25) is 5.43 Å². The molecule has 1 aliphatic rings. The maximum absolute atomic E-state index is 15.6. The predicted octanol–water partition coefficient (Wildman–Crippen LogP) is 5.46. The fourth-order valence-electron chi connectivity index (χ4n) is 5.20. The van der Waals surface area contributed by atoms with Crippen LogP contribution >= 0.6 is 0 Å². The molecule has 0 saturated heterocycles. The molecule has 0 unspecified atom stereocenters. The van der Waals surface area contributed by atoms with Crippen LogP contribution in [-0.2, 0) is 24.4 Å². The maximum atomic E-state index is 15.6. The molecule has 2 aromatic carbocycles. The molecule has 0 bridgehead atoms. The summed E-state index contributed by atoms with van der Waals surface area (Å²) in [7, 11) is 0. The van der Waals surface area contributed by atoms with Gasteiger partial charge in [0.25, 0.3) is 0 Å². The lowest BCUT2D eigenvalue weighted by atomic mass is 10.1. The minimum absolute atomic E-state index is 0.00509. The van der Waals surface area contributed by atoms with Crippen LogP contribution in [-0.4, -0.2) is 38.1 Å². The van der Waals surface area contributed by atoms with E-state index in [1.165, 1.54) is 5.56 Å². The van der Waals surface area contributed by atoms with Gasteiger partial charge in [0.15, 0.2) is 0 Å². The van der Waals surface area contributed by atoms with E-state index in [-0.39, 0.29) is 29.0 Å². The van der Waals surface area contributed by atoms with Crippen molar-refractivity contribution in [3.05, 3.63) is 118 Å². The van der Waals surface area contributed by atoms with E-state index in [1.54, 1.807) is 13.1 Å². The van der Waals surface area contributed by atoms with E-state index in [0.717, 1.165) is 47.7 Å². The summed E-state index contributed by atoms with van der Waals surface area (Å²) < 4.78 is 52.4. The molecule has 0 amide bonds. The molecule has 0 radical (unpaired) electrons. The third kappa shape index (κ3) is 5.02. The van der Waals surface area contributed by atoms with Gasteiger partial charge in [-0.05, 0) is 36.8 Å². The summed E-state index contributed by atoms with van der Waals surface area (Å²) in [6.07, 6.45) is 2.90. The molecule has 0 aliphatic carbocycles. The van der Waals surface area contributed by atoms with Gasteiger partial charge in [-0.2, -0.15) is 0 Å². The second kappa shape index (κ2) is 10.7. The Hall–Kier alpha value is -4.70. The predicted molar refractivity (Wildman–Crippen MR) is 147 cm³/mol. The monoisotopic (exact) mass is 558 g/mol. The summed E-state index contributed by atoms with van der Waals surface area (Å²) in [5, 5.41) is -0.237. The summed E-state index contributed by atoms with van der Waals surface area (Å²) in [6, 6.07) is 15.9. The first-order valence-electron chi connectivity index (χ1n) is 13.2. The van der Waals surface area contributed by atoms with E-state index in [9.17, 15) is 18.4 Å². The zero-order chi connectivity index (χ0) is 28.7. The van der Waals surface area contributed by atoms with E-state index in [4.69, 9.17) is 4.74 Å². The second-order valence-electron chi connectivity index (χ2n) is 9.86. The number of hydrogen-bond acceptors (Lipinski definition) is 5. The van der Waals surface area contributed by atoms with E-state index in [1.807, 2.05) is 28.8 Å². The second-order valence-corrected chi connectivity index (χ2v) is 9.86. The third-order valence-corrected chi connectivity index (χ3v) is 7.15. The summed E-state index contributed by atoms with van der Waals surface area (Å²) in [5.41, 5.74) is 1.16. The molecule has 4 heterocycles. The first-order chi connectivity index (χ1) is 19.8. The quantitative estimate of drug-likeness (QED) is 0.259. The molecule has 0 atom stereocenters. The number of carbonyl (C=O) groups is 1. The topological polar surface area (TPSA) is 69.4 Å². The van der Waals surface area contributed by atoms with Gasteiger partial charge >= 0.3 is 5.97 Å². The van der Waals surface area contributed by atoms with Crippen molar-refractivity contribution in [1.29, 1.82) is 0 Å². The van der Waals surface area contributed by atoms with Crippen molar-refractivity contribution in [2.75, 3.05) is 13.2 Å². The fraction of sp³-hybridized carbons (Fsp3) is 0.194. The average Bonchev–Trinajstić information content (AvgIpc) is 3.37. The van der Waals surface area contributed by atoms with Gasteiger partial charge < -0.3 is 9.30 Å². The number of carbonyl (C=O) groups excluding carboxylic acids is 1. The van der Waals surface area contributed by atoms with Crippen molar-refractivity contribution < 1.29 is 22.7 Å². The van der Waals surface area contributed by atoms with Gasteiger partial charge in [-0.1, -0.05) is 30.3 Å². The molecule has 0 spiro atoms. The molecular formula is C31H25F3N4O3. The largest absolute Gasteiger partial charge is 0.462 e. The van der Waals surface area contributed by atoms with Crippen LogP contribution in [0, 0.1) is 17.5 Å². The van der Waals surface area contributed by atoms with Gasteiger partial charge in [-0.15, -0.1) is 0 Å². The molecule has 7 nitrogen and oxygen atoms in total. The smallest absolute Gasteiger partial charge is 0.343 e. The lowest BCUT2D eigenvalue weighted by Gasteiger charge is -2.28. The highest BCUT2D eigenvalue weighted by Gasteiger charge is 2.24. The number of aromatic nitrogens is 3. The number of esters is 1. The van der Waals surface area contributed by atoms with Crippen molar-refractivity contribution in [3.8, 4) is 16.9 Å². The van der Waals surface area contributed by atoms with Crippen LogP contribution in [0.2, 0.25) is 0 Å². The van der Waals surface area contributed by atoms with E-state index < -0.39 is 34.4 Å². The Morgan fingerprint density at radius 2 is 1.78 bits per heavy atom. The van der Waals surface area contributed by atoms with Crippen LogP contribution in [0.1, 0.15) is 28.5 Å². The summed E-state index contributed by atoms with van der Waals surface area (Å²) in [5.74, 6) is -3.47. The Labute approximate surface area is 233 Å². The Kier molecular flexibility index (Phi) is 6.92. The lowest BCUT2D eigenvalue weighted by molar-refractivity contribution is 0.0524. The number of halogens is 3. The fourth-order valence-corrected chi connectivity index (χ4v) is 5.20. The van der Waals surface area contributed by atoms with E-state index in [2.05, 4.69) is 22.0 Å². The molecule has 0 saturated carbocycles. The minimum atomic E-state index is -0.949. The highest BCUT2D eigenvalue weighted by atomic mass is 19.1. The Morgan fingerprint density at radius 1 is 0.976 bits per heavy atom. The van der Waals surface area contributed by atoms with Crippen LogP contribution in [0.25, 0.3) is 28.0 Å². The standard InChI is InChI=1S/C31H25F3N4O3/c1-2-41-31(40)24-18-38(27-9-8-21(32)13-25(27)33)30-23(29(24)39)14-26(34)28(35-30)20-12-22-17-36(10-11-37(22)16-20)15-19-6-4-3-5-7-19/h3-9,12-14,16,18H,2,10-11,15,17H2,1H3. The highest BCUT2D eigenvalue weighted by Crippen LogP contribution is 2.29. The minimum Gasteiger partial charge on any atom is -0.462 e. The molecule has 1 aliphatic heterocycles. The van der Waals surface area contributed by atoms with Gasteiger partial charge in [0.05, 0.1) is 17.7 Å². The number of pyridine rings is 2. The third-order valence-electron chi connectivity index (χ3n) is 7.15. The summed E-state index contributed by atoms with van der Waals surface area (Å²) in [4.78, 5) is 32.5. The molecule has 208 valence electrons. The van der Waals surface area contributed by atoms with Crippen LogP contribution in [0.15, 0.2) is 77.9 Å². The van der Waals surface area contributed by atoms with Crippen molar-refractivity contribution in [2.45, 2.75) is 26.6 Å². The molecule has 0 N–H and O–H groups in total. The Balaban J connectivity index is 1.45. The van der Waals surface area contributed by atoms with E-state index in [0.29, 0.717) is 24.7 Å². The zero-order valence-corrected chi connectivity index (χ0v) is 22.1. The normalized spacial score (nSPS) is 13.4. The molecule has 10 heteroatoms. The van der Waals surface area contributed by atoms with Crippen LogP contribution in [0.5, 0.6) is 0 Å². The number of benzene rings is 2. The lowest BCUT2D eigenvalue weighted by Crippen LogP contribution is -2.32. The van der Waals surface area contributed by atoms with Crippen molar-refractivity contribution in [2.24, 2.45) is 0 Å². The first kappa shape index (κ1) is 26.5. The van der Waals surface area contributed by atoms with Crippen LogP contribution in [0.4, 0.5) is 13.2 Å². The number of fused-ring (bicyclic) bond motifs is 2. The zero-order valence-electron chi connectivity index (χ0n) is 22.1. The van der Waals surface area contributed by atoms with Crippen molar-refractivity contribution in [1.82, 2.24) is 19.0 Å². The number of ether oxygens (including phenoxy) is 1. The summed E-state index contributed by atoms with van der Waals surface area (Å²) in [6.45, 7) is 4.51.